The van der Waals surface area contributed by atoms with Gasteiger partial charge in [-0.3, -0.25) is 4.21 Å². The van der Waals surface area contributed by atoms with Crippen LogP contribution in [0.1, 0.15) is 6.92 Å². The van der Waals surface area contributed by atoms with Crippen LogP contribution in [0.3, 0.4) is 0 Å². The molecule has 2 rings (SSSR count). The first-order chi connectivity index (χ1) is 8.52. The number of ether oxygens (including phenoxy) is 1. The van der Waals surface area contributed by atoms with Crippen LogP contribution in [0.5, 0.6) is 5.75 Å². The van der Waals surface area contributed by atoms with Gasteiger partial charge in [0.1, 0.15) is 5.75 Å². The van der Waals surface area contributed by atoms with Crippen molar-refractivity contribution in [1.82, 2.24) is 9.55 Å². The number of nitrogens with one attached hydrogen (secondary N) is 1. The number of methoxy groups -OCH3 is 1. The molecule has 1 N–H and O–H groups in total. The van der Waals surface area contributed by atoms with Crippen LogP contribution in [-0.4, -0.2) is 32.4 Å². The summed E-state index contributed by atoms with van der Waals surface area (Å²) in [7, 11) is 0.776. The molecule has 0 fully saturated rings. The molecule has 0 radical (unpaired) electrons. The lowest BCUT2D eigenvalue weighted by Gasteiger charge is -2.10. The molecular weight excluding hydrogens is 268 g/mol. The van der Waals surface area contributed by atoms with Crippen LogP contribution in [0, 0.1) is 4.77 Å². The van der Waals surface area contributed by atoms with Crippen LogP contribution in [0.2, 0.25) is 0 Å². The molecule has 0 spiro atoms. The van der Waals surface area contributed by atoms with Gasteiger partial charge in [0.25, 0.3) is 0 Å². The van der Waals surface area contributed by atoms with Crippen LogP contribution in [-0.2, 0) is 17.3 Å². The molecule has 6 heteroatoms. The van der Waals surface area contributed by atoms with Crippen molar-refractivity contribution in [3.05, 3.63) is 23.0 Å². The van der Waals surface area contributed by atoms with E-state index in [0.29, 0.717) is 11.3 Å². The van der Waals surface area contributed by atoms with Crippen LogP contribution in [0.15, 0.2) is 18.2 Å². The lowest BCUT2D eigenvalue weighted by Crippen LogP contribution is -2.17. The summed E-state index contributed by atoms with van der Waals surface area (Å²) in [6.45, 7) is 2.61. The van der Waals surface area contributed by atoms with Gasteiger partial charge in [-0.15, -0.1) is 0 Å². The molecule has 2 atom stereocenters. The van der Waals surface area contributed by atoms with E-state index in [-0.39, 0.29) is 5.25 Å². The highest BCUT2D eigenvalue weighted by Crippen LogP contribution is 2.21. The first-order valence-corrected chi connectivity index (χ1v) is 7.64. The molecule has 0 bridgehead atoms. The third-order valence-corrected chi connectivity index (χ3v) is 4.59. The van der Waals surface area contributed by atoms with E-state index >= 15 is 0 Å². The second kappa shape index (κ2) is 5.24. The smallest absolute Gasteiger partial charge is 0.178 e. The van der Waals surface area contributed by atoms with E-state index in [1.165, 1.54) is 0 Å². The molecule has 0 saturated heterocycles. The Bertz CT molecular complexity index is 645. The standard InChI is InChI=1S/C12H16N2O2S2/c1-8(18(3)15)7-14-11-5-4-9(16-2)6-10(11)13-12(14)17/h4-6,8H,7H2,1-3H3,(H,13,17). The maximum atomic E-state index is 11.5. The molecule has 0 aliphatic carbocycles. The molecule has 0 saturated carbocycles. The summed E-state index contributed by atoms with van der Waals surface area (Å²) >= 11 is 5.31. The summed E-state index contributed by atoms with van der Waals surface area (Å²) < 4.78 is 19.3. The number of fused-ring (bicyclic) bond motifs is 1. The number of benzene rings is 1. The Morgan fingerprint density at radius 1 is 1.56 bits per heavy atom. The summed E-state index contributed by atoms with van der Waals surface area (Å²) in [6.07, 6.45) is 1.71. The first kappa shape index (κ1) is 13.3. The number of aromatic amines is 1. The molecule has 98 valence electrons. The van der Waals surface area contributed by atoms with Crippen LogP contribution < -0.4 is 4.74 Å². The van der Waals surface area contributed by atoms with Crippen molar-refractivity contribution in [3.63, 3.8) is 0 Å². The van der Waals surface area contributed by atoms with Gasteiger partial charge >= 0.3 is 0 Å². The lowest BCUT2D eigenvalue weighted by atomic mass is 10.3. The van der Waals surface area contributed by atoms with Crippen molar-refractivity contribution < 1.29 is 8.95 Å². The monoisotopic (exact) mass is 284 g/mol. The van der Waals surface area contributed by atoms with Crippen molar-refractivity contribution >= 4 is 34.1 Å². The molecule has 0 amide bonds. The summed E-state index contributed by atoms with van der Waals surface area (Å²) in [5.41, 5.74) is 1.95. The van der Waals surface area contributed by atoms with Gasteiger partial charge < -0.3 is 14.3 Å². The molecule has 18 heavy (non-hydrogen) atoms. The summed E-state index contributed by atoms with van der Waals surface area (Å²) in [5, 5.41) is 0.0674. The van der Waals surface area contributed by atoms with Gasteiger partial charge in [0.15, 0.2) is 4.77 Å². The predicted molar refractivity (Wildman–Crippen MR) is 77.2 cm³/mol. The van der Waals surface area contributed by atoms with Crippen molar-refractivity contribution in [3.8, 4) is 5.75 Å². The molecular formula is C12H16N2O2S2. The van der Waals surface area contributed by atoms with Gasteiger partial charge in [0, 0.05) is 34.9 Å². The van der Waals surface area contributed by atoms with Gasteiger partial charge in [0.2, 0.25) is 0 Å². The quantitative estimate of drug-likeness (QED) is 0.877. The molecule has 1 aromatic heterocycles. The number of nitrogens with zero attached hydrogens (tertiary/aromatic N) is 1. The maximum Gasteiger partial charge on any atom is 0.178 e. The van der Waals surface area contributed by atoms with E-state index in [1.807, 2.05) is 29.7 Å². The largest absolute Gasteiger partial charge is 0.497 e. The Balaban J connectivity index is 2.48. The summed E-state index contributed by atoms with van der Waals surface area (Å²) in [4.78, 5) is 3.14. The maximum absolute atomic E-state index is 11.5. The summed E-state index contributed by atoms with van der Waals surface area (Å²) in [6, 6.07) is 5.77. The second-order valence-electron chi connectivity index (χ2n) is 4.23. The highest BCUT2D eigenvalue weighted by atomic mass is 32.2. The van der Waals surface area contributed by atoms with Gasteiger partial charge in [-0.2, -0.15) is 0 Å². The van der Waals surface area contributed by atoms with E-state index in [4.69, 9.17) is 17.0 Å². The minimum Gasteiger partial charge on any atom is -0.497 e. The number of hydrogen-bond acceptors (Lipinski definition) is 3. The van der Waals surface area contributed by atoms with Gasteiger partial charge in [-0.1, -0.05) is 0 Å². The molecule has 1 heterocycles. The molecule has 0 aliphatic heterocycles. The zero-order chi connectivity index (χ0) is 13.3. The first-order valence-electron chi connectivity index (χ1n) is 5.61. The van der Waals surface area contributed by atoms with E-state index in [1.54, 1.807) is 13.4 Å². The predicted octanol–water partition coefficient (Wildman–Crippen LogP) is 2.47. The Morgan fingerprint density at radius 2 is 2.28 bits per heavy atom. The van der Waals surface area contributed by atoms with Crippen molar-refractivity contribution in [1.29, 1.82) is 0 Å². The Hall–Kier alpha value is -1.14. The highest BCUT2D eigenvalue weighted by molar-refractivity contribution is 7.84. The normalized spacial score (nSPS) is 14.6. The highest BCUT2D eigenvalue weighted by Gasteiger charge is 2.11. The Labute approximate surface area is 113 Å². The fraction of sp³-hybridized carbons (Fsp3) is 0.417. The number of imidazole rings is 1. The lowest BCUT2D eigenvalue weighted by molar-refractivity contribution is 0.415. The van der Waals surface area contributed by atoms with Crippen molar-refractivity contribution in [2.75, 3.05) is 13.4 Å². The third-order valence-electron chi connectivity index (χ3n) is 2.99. The van der Waals surface area contributed by atoms with Gasteiger partial charge in [0.05, 0.1) is 18.1 Å². The number of hydrogen-bond donors (Lipinski definition) is 1. The molecule has 2 unspecified atom stereocenters. The van der Waals surface area contributed by atoms with Crippen LogP contribution in [0.25, 0.3) is 11.0 Å². The van der Waals surface area contributed by atoms with E-state index in [9.17, 15) is 4.21 Å². The van der Waals surface area contributed by atoms with Crippen LogP contribution >= 0.6 is 12.2 Å². The van der Waals surface area contributed by atoms with E-state index in [2.05, 4.69) is 4.98 Å². The molecule has 0 aliphatic rings. The average molecular weight is 284 g/mol. The number of H-pyrrole nitrogens is 1. The van der Waals surface area contributed by atoms with Crippen molar-refractivity contribution in [2.45, 2.75) is 18.7 Å². The fourth-order valence-electron chi connectivity index (χ4n) is 1.81. The van der Waals surface area contributed by atoms with E-state index in [0.717, 1.165) is 16.8 Å². The van der Waals surface area contributed by atoms with Gasteiger partial charge in [-0.25, -0.2) is 0 Å². The zero-order valence-corrected chi connectivity index (χ0v) is 12.2. The Morgan fingerprint density at radius 3 is 2.89 bits per heavy atom. The minimum atomic E-state index is -0.858. The van der Waals surface area contributed by atoms with E-state index < -0.39 is 10.8 Å². The molecule has 2 aromatic rings. The molecule has 4 nitrogen and oxygen atoms in total. The third kappa shape index (κ3) is 2.49. The number of aromatic nitrogens is 2. The van der Waals surface area contributed by atoms with Crippen molar-refractivity contribution in [2.24, 2.45) is 0 Å². The molecule has 1 aromatic carbocycles. The number of rotatable bonds is 4. The van der Waals surface area contributed by atoms with Gasteiger partial charge in [-0.05, 0) is 31.3 Å². The minimum absolute atomic E-state index is 0.0674. The van der Waals surface area contributed by atoms with Crippen LogP contribution in [0.4, 0.5) is 0 Å². The SMILES string of the molecule is COc1ccc2c(c1)[nH]c(=S)n2CC(C)S(C)=O. The average Bonchev–Trinajstić information content (AvgIpc) is 2.64. The summed E-state index contributed by atoms with van der Waals surface area (Å²) in [5.74, 6) is 0.790. The zero-order valence-electron chi connectivity index (χ0n) is 10.6. The fourth-order valence-corrected chi connectivity index (χ4v) is 2.45. The Kier molecular flexibility index (Phi) is 3.87. The second-order valence-corrected chi connectivity index (χ2v) is 6.42. The topological polar surface area (TPSA) is 47.0 Å².